The molecule has 0 aliphatic carbocycles. The van der Waals surface area contributed by atoms with Crippen LogP contribution in [0, 0.1) is 5.82 Å². The molecule has 0 atom stereocenters. The molecule has 0 amide bonds. The van der Waals surface area contributed by atoms with Gasteiger partial charge in [0.1, 0.15) is 11.6 Å². The summed E-state index contributed by atoms with van der Waals surface area (Å²) in [5.74, 6) is 1.44. The fourth-order valence-corrected chi connectivity index (χ4v) is 3.19. The molecule has 1 aromatic heterocycles. The fraction of sp³-hybridized carbons (Fsp3) is 0.455. The Morgan fingerprint density at radius 1 is 1.17 bits per heavy atom. The van der Waals surface area contributed by atoms with Gasteiger partial charge in [-0.1, -0.05) is 6.07 Å². The molecule has 0 spiro atoms. The molecular formula is C22H30FN5O2. The molecule has 1 aliphatic rings. The Morgan fingerprint density at radius 3 is 2.53 bits per heavy atom. The van der Waals surface area contributed by atoms with Crippen molar-refractivity contribution in [2.24, 2.45) is 4.99 Å². The molecule has 1 aromatic carbocycles. The summed E-state index contributed by atoms with van der Waals surface area (Å²) in [6.45, 7) is 9.26. The minimum Gasteiger partial charge on any atom is -0.439 e. The van der Waals surface area contributed by atoms with Crippen molar-refractivity contribution in [3.05, 3.63) is 54.0 Å². The molecule has 3 rings (SSSR count). The Kier molecular flexibility index (Phi) is 7.59. The molecule has 7 nitrogen and oxygen atoms in total. The van der Waals surface area contributed by atoms with Gasteiger partial charge in [0.05, 0.1) is 13.2 Å². The topological polar surface area (TPSA) is 71.0 Å². The second-order valence-electron chi connectivity index (χ2n) is 7.75. The van der Waals surface area contributed by atoms with Crippen molar-refractivity contribution in [2.45, 2.75) is 25.9 Å². The first-order valence-electron chi connectivity index (χ1n) is 10.1. The Labute approximate surface area is 177 Å². The van der Waals surface area contributed by atoms with Gasteiger partial charge in [0.15, 0.2) is 5.96 Å². The number of nitrogens with one attached hydrogen (secondary N) is 2. The van der Waals surface area contributed by atoms with E-state index in [1.165, 1.54) is 12.1 Å². The number of hydrogen-bond acceptors (Lipinski definition) is 5. The number of aromatic nitrogens is 1. The molecule has 2 heterocycles. The smallest absolute Gasteiger partial charge is 0.219 e. The van der Waals surface area contributed by atoms with Crippen LogP contribution < -0.4 is 15.4 Å². The van der Waals surface area contributed by atoms with Crippen LogP contribution in [-0.2, 0) is 11.3 Å². The van der Waals surface area contributed by atoms with Crippen LogP contribution in [0.3, 0.4) is 0 Å². The lowest BCUT2D eigenvalue weighted by Crippen LogP contribution is -2.56. The van der Waals surface area contributed by atoms with Gasteiger partial charge in [-0.05, 0) is 43.7 Å². The van der Waals surface area contributed by atoms with Gasteiger partial charge < -0.3 is 20.1 Å². The van der Waals surface area contributed by atoms with Crippen molar-refractivity contribution in [2.75, 3.05) is 39.9 Å². The monoisotopic (exact) mass is 415 g/mol. The van der Waals surface area contributed by atoms with E-state index >= 15 is 0 Å². The van der Waals surface area contributed by atoms with Crippen molar-refractivity contribution in [3.8, 4) is 11.6 Å². The standard InChI is InChI=1S/C22H30FN5O2/c1-22(2,28-10-12-29-13-11-28)16-27-21(24-3)26-15-17-4-9-20(25-14-17)30-19-7-5-18(23)6-8-19/h4-9,14H,10-13,15-16H2,1-3H3,(H2,24,26,27). The number of aliphatic imine (C=N–C) groups is 1. The Bertz CT molecular complexity index is 818. The minimum atomic E-state index is -0.299. The predicted molar refractivity (Wildman–Crippen MR) is 115 cm³/mol. The van der Waals surface area contributed by atoms with Crippen molar-refractivity contribution in [1.29, 1.82) is 0 Å². The van der Waals surface area contributed by atoms with Gasteiger partial charge in [-0.3, -0.25) is 9.89 Å². The molecule has 8 heteroatoms. The number of ether oxygens (including phenoxy) is 2. The van der Waals surface area contributed by atoms with Crippen LogP contribution in [0.1, 0.15) is 19.4 Å². The van der Waals surface area contributed by atoms with Crippen LogP contribution in [0.25, 0.3) is 0 Å². The van der Waals surface area contributed by atoms with E-state index in [1.54, 1.807) is 31.4 Å². The molecule has 162 valence electrons. The minimum absolute atomic E-state index is 0.00228. The highest BCUT2D eigenvalue weighted by atomic mass is 19.1. The third-order valence-electron chi connectivity index (χ3n) is 5.07. The number of morpholine rings is 1. The van der Waals surface area contributed by atoms with Crippen LogP contribution in [0.5, 0.6) is 11.6 Å². The lowest BCUT2D eigenvalue weighted by atomic mass is 10.0. The lowest BCUT2D eigenvalue weighted by Gasteiger charge is -2.41. The van der Waals surface area contributed by atoms with Gasteiger partial charge in [-0.2, -0.15) is 0 Å². The Hall–Kier alpha value is -2.71. The second-order valence-corrected chi connectivity index (χ2v) is 7.75. The van der Waals surface area contributed by atoms with Crippen LogP contribution in [-0.4, -0.2) is 61.3 Å². The summed E-state index contributed by atoms with van der Waals surface area (Å²) in [5.41, 5.74) is 0.999. The number of benzene rings is 1. The van der Waals surface area contributed by atoms with Crippen LogP contribution in [0.2, 0.25) is 0 Å². The van der Waals surface area contributed by atoms with Gasteiger partial charge in [0.2, 0.25) is 5.88 Å². The zero-order valence-electron chi connectivity index (χ0n) is 17.8. The van der Waals surface area contributed by atoms with Crippen LogP contribution in [0.4, 0.5) is 4.39 Å². The molecule has 2 N–H and O–H groups in total. The van der Waals surface area contributed by atoms with E-state index in [1.807, 2.05) is 6.07 Å². The van der Waals surface area contributed by atoms with Crippen molar-refractivity contribution in [3.63, 3.8) is 0 Å². The van der Waals surface area contributed by atoms with E-state index in [-0.39, 0.29) is 11.4 Å². The summed E-state index contributed by atoms with van der Waals surface area (Å²) in [7, 11) is 1.76. The van der Waals surface area contributed by atoms with E-state index < -0.39 is 0 Å². The van der Waals surface area contributed by atoms with Gasteiger partial charge >= 0.3 is 0 Å². The summed E-state index contributed by atoms with van der Waals surface area (Å²) in [4.78, 5) is 11.1. The highest BCUT2D eigenvalue weighted by Crippen LogP contribution is 2.19. The van der Waals surface area contributed by atoms with Gasteiger partial charge in [0.25, 0.3) is 0 Å². The van der Waals surface area contributed by atoms with Crippen LogP contribution >= 0.6 is 0 Å². The molecule has 1 fully saturated rings. The van der Waals surface area contributed by atoms with E-state index in [2.05, 4.69) is 39.4 Å². The predicted octanol–water partition coefficient (Wildman–Crippen LogP) is 2.79. The Balaban J connectivity index is 1.46. The van der Waals surface area contributed by atoms with Crippen molar-refractivity contribution >= 4 is 5.96 Å². The third kappa shape index (κ3) is 6.40. The highest BCUT2D eigenvalue weighted by molar-refractivity contribution is 5.79. The van der Waals surface area contributed by atoms with E-state index in [4.69, 9.17) is 9.47 Å². The molecule has 0 radical (unpaired) electrons. The molecule has 30 heavy (non-hydrogen) atoms. The number of rotatable bonds is 7. The largest absolute Gasteiger partial charge is 0.439 e. The van der Waals surface area contributed by atoms with Gasteiger partial charge in [-0.15, -0.1) is 0 Å². The molecule has 1 aliphatic heterocycles. The summed E-state index contributed by atoms with van der Waals surface area (Å²) < 4.78 is 24.0. The quantitative estimate of drug-likeness (QED) is 0.535. The van der Waals surface area contributed by atoms with Crippen molar-refractivity contribution < 1.29 is 13.9 Å². The van der Waals surface area contributed by atoms with Gasteiger partial charge in [0, 0.05) is 51.0 Å². The lowest BCUT2D eigenvalue weighted by molar-refractivity contribution is -0.00834. The molecule has 1 saturated heterocycles. The summed E-state index contributed by atoms with van der Waals surface area (Å²) in [5, 5.41) is 6.72. The number of nitrogens with zero attached hydrogens (tertiary/aromatic N) is 3. The highest BCUT2D eigenvalue weighted by Gasteiger charge is 2.28. The average Bonchev–Trinajstić information content (AvgIpc) is 2.77. The van der Waals surface area contributed by atoms with Gasteiger partial charge in [-0.25, -0.2) is 9.37 Å². The van der Waals surface area contributed by atoms with E-state index in [0.29, 0.717) is 18.2 Å². The first-order chi connectivity index (χ1) is 14.5. The van der Waals surface area contributed by atoms with E-state index in [0.717, 1.165) is 44.4 Å². The summed E-state index contributed by atoms with van der Waals surface area (Å²) >= 11 is 0. The number of halogens is 1. The molecule has 0 unspecified atom stereocenters. The van der Waals surface area contributed by atoms with E-state index in [9.17, 15) is 4.39 Å². The molecule has 0 saturated carbocycles. The zero-order chi connectivity index (χ0) is 21.4. The number of hydrogen-bond donors (Lipinski definition) is 2. The normalized spacial score (nSPS) is 15.7. The fourth-order valence-electron chi connectivity index (χ4n) is 3.19. The number of guanidine groups is 1. The SMILES string of the molecule is CN=C(NCc1ccc(Oc2ccc(F)cc2)nc1)NCC(C)(C)N1CCOCC1. The molecule has 2 aromatic rings. The third-order valence-corrected chi connectivity index (χ3v) is 5.07. The molecule has 0 bridgehead atoms. The van der Waals surface area contributed by atoms with Crippen molar-refractivity contribution in [1.82, 2.24) is 20.5 Å². The number of pyridine rings is 1. The maximum absolute atomic E-state index is 13.0. The molecular weight excluding hydrogens is 385 g/mol. The second kappa shape index (κ2) is 10.4. The summed E-state index contributed by atoms with van der Waals surface area (Å²) in [6.07, 6.45) is 1.75. The maximum Gasteiger partial charge on any atom is 0.219 e. The average molecular weight is 416 g/mol. The zero-order valence-corrected chi connectivity index (χ0v) is 17.8. The first kappa shape index (κ1) is 22.0. The first-order valence-corrected chi connectivity index (χ1v) is 10.1. The van der Waals surface area contributed by atoms with Crippen LogP contribution in [0.15, 0.2) is 47.6 Å². The maximum atomic E-state index is 13.0. The Morgan fingerprint density at radius 2 is 1.90 bits per heavy atom. The summed E-state index contributed by atoms with van der Waals surface area (Å²) in [6, 6.07) is 9.57.